The molecule has 10 heteroatoms. The number of rotatable bonds is 6. The molecule has 178 valence electrons. The van der Waals surface area contributed by atoms with Gasteiger partial charge in [-0.1, -0.05) is 41.4 Å². The van der Waals surface area contributed by atoms with Crippen LogP contribution in [0.4, 0.5) is 5.69 Å². The summed E-state index contributed by atoms with van der Waals surface area (Å²) < 4.78 is 1.62. The average molecular weight is 502 g/mol. The summed E-state index contributed by atoms with van der Waals surface area (Å²) in [5.74, 6) is 0.00230. The molecule has 8 nitrogen and oxygen atoms in total. The van der Waals surface area contributed by atoms with E-state index in [0.29, 0.717) is 46.6 Å². The number of piperazine rings is 1. The molecule has 0 unspecified atom stereocenters. The Bertz CT molecular complexity index is 1220. The number of aryl methyl sites for hydroxylation is 1. The minimum Gasteiger partial charge on any atom is -0.336 e. The first-order chi connectivity index (χ1) is 16.2. The highest BCUT2D eigenvalue weighted by atomic mass is 35.5. The first-order valence-corrected chi connectivity index (χ1v) is 11.7. The Balaban J connectivity index is 1.34. The molecule has 0 N–H and O–H groups in total. The molecular formula is C24H25Cl2N5O3. The predicted octanol–water partition coefficient (Wildman–Crippen LogP) is 4.72. The Hall–Kier alpha value is -2.94. The summed E-state index contributed by atoms with van der Waals surface area (Å²) in [6.45, 7) is 7.35. The van der Waals surface area contributed by atoms with Crippen molar-refractivity contribution in [3.8, 4) is 0 Å². The Morgan fingerprint density at radius 3 is 2.21 bits per heavy atom. The molecule has 1 aromatic heterocycles. The van der Waals surface area contributed by atoms with Crippen LogP contribution in [-0.2, 0) is 13.1 Å². The van der Waals surface area contributed by atoms with Gasteiger partial charge in [0.1, 0.15) is 11.4 Å². The van der Waals surface area contributed by atoms with Crippen LogP contribution in [0.3, 0.4) is 0 Å². The first-order valence-electron chi connectivity index (χ1n) is 11.0. The van der Waals surface area contributed by atoms with Crippen LogP contribution in [0.2, 0.25) is 10.0 Å². The third-order valence-electron chi connectivity index (χ3n) is 6.11. The molecule has 0 radical (unpaired) electrons. The molecule has 1 amide bonds. The zero-order valence-corrected chi connectivity index (χ0v) is 20.5. The van der Waals surface area contributed by atoms with Crippen LogP contribution in [0.15, 0.2) is 42.5 Å². The van der Waals surface area contributed by atoms with Crippen molar-refractivity contribution < 1.29 is 9.72 Å². The standard InChI is InChI=1S/C24H25Cl2N5O3/c1-16-23(31(33)34)17(2)30(27-16)15-18-3-6-20(7-4-18)24(32)29-11-9-28(10-12-29)14-19-5-8-21(25)22(26)13-19/h3-8,13H,9-12,14-15H2,1-2H3. The number of nitro groups is 1. The number of amides is 1. The van der Waals surface area contributed by atoms with E-state index in [1.54, 1.807) is 36.7 Å². The smallest absolute Gasteiger partial charge is 0.312 e. The van der Waals surface area contributed by atoms with E-state index in [4.69, 9.17) is 23.2 Å². The lowest BCUT2D eigenvalue weighted by Gasteiger charge is -2.34. The Morgan fingerprint density at radius 2 is 1.62 bits per heavy atom. The molecule has 4 rings (SSSR count). The van der Waals surface area contributed by atoms with Crippen molar-refractivity contribution in [1.29, 1.82) is 0 Å². The van der Waals surface area contributed by atoms with Gasteiger partial charge in [0.15, 0.2) is 0 Å². The van der Waals surface area contributed by atoms with E-state index >= 15 is 0 Å². The summed E-state index contributed by atoms with van der Waals surface area (Å²) in [4.78, 5) is 27.9. The lowest BCUT2D eigenvalue weighted by molar-refractivity contribution is -0.386. The van der Waals surface area contributed by atoms with Crippen molar-refractivity contribution >= 4 is 34.8 Å². The predicted molar refractivity (Wildman–Crippen MR) is 132 cm³/mol. The second-order valence-corrected chi connectivity index (χ2v) is 9.26. The minimum atomic E-state index is -0.402. The highest BCUT2D eigenvalue weighted by Crippen LogP contribution is 2.24. The monoisotopic (exact) mass is 501 g/mol. The Morgan fingerprint density at radius 1 is 0.971 bits per heavy atom. The fourth-order valence-corrected chi connectivity index (χ4v) is 4.54. The number of benzene rings is 2. The quantitative estimate of drug-likeness (QED) is 0.360. The molecule has 0 bridgehead atoms. The lowest BCUT2D eigenvalue weighted by Crippen LogP contribution is -2.48. The molecule has 0 aliphatic carbocycles. The zero-order valence-electron chi connectivity index (χ0n) is 19.0. The summed E-state index contributed by atoms with van der Waals surface area (Å²) in [5, 5.41) is 16.6. The SMILES string of the molecule is Cc1nn(Cc2ccc(C(=O)N3CCN(Cc4ccc(Cl)c(Cl)c4)CC3)cc2)c(C)c1[N+](=O)[O-]. The topological polar surface area (TPSA) is 84.5 Å². The van der Waals surface area contributed by atoms with Crippen LogP contribution in [0.5, 0.6) is 0 Å². The summed E-state index contributed by atoms with van der Waals surface area (Å²) in [6.07, 6.45) is 0. The van der Waals surface area contributed by atoms with Crippen LogP contribution in [0.25, 0.3) is 0 Å². The van der Waals surface area contributed by atoms with E-state index in [2.05, 4.69) is 10.00 Å². The van der Waals surface area contributed by atoms with Crippen molar-refractivity contribution in [2.24, 2.45) is 0 Å². The van der Waals surface area contributed by atoms with Crippen molar-refractivity contribution in [3.05, 3.63) is 90.7 Å². The number of carbonyl (C=O) groups is 1. The Kier molecular flexibility index (Phi) is 7.21. The maximum atomic E-state index is 13.0. The van der Waals surface area contributed by atoms with Gasteiger partial charge in [0, 0.05) is 38.3 Å². The van der Waals surface area contributed by atoms with E-state index in [0.717, 1.165) is 30.8 Å². The van der Waals surface area contributed by atoms with E-state index in [1.165, 1.54) is 0 Å². The molecule has 1 fully saturated rings. The Labute approximate surface area is 207 Å². The number of hydrogen-bond donors (Lipinski definition) is 0. The molecule has 1 saturated heterocycles. The van der Waals surface area contributed by atoms with Crippen LogP contribution >= 0.6 is 23.2 Å². The van der Waals surface area contributed by atoms with Gasteiger partial charge in [0.05, 0.1) is 21.5 Å². The fraction of sp³-hybridized carbons (Fsp3) is 0.333. The third-order valence-corrected chi connectivity index (χ3v) is 6.85. The van der Waals surface area contributed by atoms with Crippen LogP contribution in [-0.4, -0.2) is 56.6 Å². The van der Waals surface area contributed by atoms with Crippen molar-refractivity contribution in [3.63, 3.8) is 0 Å². The number of hydrogen-bond acceptors (Lipinski definition) is 5. The lowest BCUT2D eigenvalue weighted by atomic mass is 10.1. The average Bonchev–Trinajstić information content (AvgIpc) is 3.09. The zero-order chi connectivity index (χ0) is 24.4. The van der Waals surface area contributed by atoms with Gasteiger partial charge >= 0.3 is 5.69 Å². The van der Waals surface area contributed by atoms with Crippen LogP contribution in [0.1, 0.15) is 32.9 Å². The van der Waals surface area contributed by atoms with Gasteiger partial charge in [0.2, 0.25) is 0 Å². The van der Waals surface area contributed by atoms with Crippen LogP contribution < -0.4 is 0 Å². The van der Waals surface area contributed by atoms with Crippen molar-refractivity contribution in [1.82, 2.24) is 19.6 Å². The normalized spacial score (nSPS) is 14.4. The molecule has 34 heavy (non-hydrogen) atoms. The van der Waals surface area contributed by atoms with Gasteiger partial charge in [-0.15, -0.1) is 0 Å². The van der Waals surface area contributed by atoms with E-state index < -0.39 is 4.92 Å². The van der Waals surface area contributed by atoms with Gasteiger partial charge in [-0.2, -0.15) is 5.10 Å². The number of carbonyl (C=O) groups excluding carboxylic acids is 1. The summed E-state index contributed by atoms with van der Waals surface area (Å²) in [5.41, 5.74) is 3.60. The summed E-state index contributed by atoms with van der Waals surface area (Å²) in [7, 11) is 0. The summed E-state index contributed by atoms with van der Waals surface area (Å²) >= 11 is 12.1. The molecule has 0 atom stereocenters. The van der Waals surface area contributed by atoms with Crippen molar-refractivity contribution in [2.45, 2.75) is 26.9 Å². The van der Waals surface area contributed by atoms with Gasteiger partial charge < -0.3 is 4.90 Å². The maximum absolute atomic E-state index is 13.0. The second-order valence-electron chi connectivity index (χ2n) is 8.45. The molecular weight excluding hydrogens is 477 g/mol. The van der Waals surface area contributed by atoms with Gasteiger partial charge in [0.25, 0.3) is 5.91 Å². The van der Waals surface area contributed by atoms with E-state index in [-0.39, 0.29) is 11.6 Å². The molecule has 1 aliphatic heterocycles. The largest absolute Gasteiger partial charge is 0.336 e. The fourth-order valence-electron chi connectivity index (χ4n) is 4.22. The van der Waals surface area contributed by atoms with E-state index in [1.807, 2.05) is 29.2 Å². The highest BCUT2D eigenvalue weighted by molar-refractivity contribution is 6.42. The minimum absolute atomic E-state index is 0.00230. The highest BCUT2D eigenvalue weighted by Gasteiger charge is 2.23. The van der Waals surface area contributed by atoms with Gasteiger partial charge in [-0.3, -0.25) is 24.5 Å². The number of aromatic nitrogens is 2. The first kappa shape index (κ1) is 24.2. The number of halogens is 2. The molecule has 0 saturated carbocycles. The van der Waals surface area contributed by atoms with Gasteiger partial charge in [-0.25, -0.2) is 0 Å². The van der Waals surface area contributed by atoms with Gasteiger partial charge in [-0.05, 0) is 49.2 Å². The molecule has 1 aliphatic rings. The van der Waals surface area contributed by atoms with Crippen molar-refractivity contribution in [2.75, 3.05) is 26.2 Å². The molecule has 3 aromatic rings. The third kappa shape index (κ3) is 5.24. The molecule has 0 spiro atoms. The number of nitrogens with zero attached hydrogens (tertiary/aromatic N) is 5. The second kappa shape index (κ2) is 10.1. The van der Waals surface area contributed by atoms with Crippen LogP contribution in [0, 0.1) is 24.0 Å². The summed E-state index contributed by atoms with van der Waals surface area (Å²) in [6, 6.07) is 13.0. The maximum Gasteiger partial charge on any atom is 0.312 e. The molecule has 2 aromatic carbocycles. The van der Waals surface area contributed by atoms with E-state index in [9.17, 15) is 14.9 Å². The molecule has 2 heterocycles.